The minimum absolute atomic E-state index is 0.335. The average Bonchev–Trinajstić information content (AvgIpc) is 3.07. The highest BCUT2D eigenvalue weighted by molar-refractivity contribution is 5.86. The topological polar surface area (TPSA) is 122 Å². The van der Waals surface area contributed by atoms with Crippen molar-refractivity contribution in [2.45, 2.75) is 6.42 Å². The number of nitrogens with one attached hydrogen (secondary N) is 3. The van der Waals surface area contributed by atoms with E-state index in [9.17, 15) is 0 Å². The third kappa shape index (κ3) is 2.38. The van der Waals surface area contributed by atoms with Crippen molar-refractivity contribution in [2.75, 3.05) is 17.3 Å². The van der Waals surface area contributed by atoms with Crippen LogP contribution in [0.4, 0.5) is 11.8 Å². The molecule has 0 aliphatic heterocycles. The molecule has 9 nitrogen and oxygen atoms in total. The lowest BCUT2D eigenvalue weighted by molar-refractivity contribution is 0.742. The molecule has 3 aromatic rings. The number of nitrogens with two attached hydrogens (primary N) is 1. The number of hydrazine groups is 1. The summed E-state index contributed by atoms with van der Waals surface area (Å²) in [5.41, 5.74) is 4.09. The molecule has 0 spiro atoms. The zero-order valence-corrected chi connectivity index (χ0v) is 11.0. The molecule has 3 heterocycles. The normalized spacial score (nSPS) is 10.9. The summed E-state index contributed by atoms with van der Waals surface area (Å²) in [6.45, 7) is 0.707. The highest BCUT2D eigenvalue weighted by atomic mass is 15.3. The second kappa shape index (κ2) is 5.13. The SMILES string of the molecule is Cn1ccc(CCNc2nc(NN)nc3[nH]ncc23)n1. The first kappa shape index (κ1) is 12.4. The van der Waals surface area contributed by atoms with Gasteiger partial charge in [0.25, 0.3) is 0 Å². The molecule has 9 heteroatoms. The highest BCUT2D eigenvalue weighted by Crippen LogP contribution is 2.19. The van der Waals surface area contributed by atoms with Crippen LogP contribution in [-0.2, 0) is 13.5 Å². The van der Waals surface area contributed by atoms with Crippen LogP contribution in [0.15, 0.2) is 18.5 Å². The van der Waals surface area contributed by atoms with Crippen LogP contribution in [0.2, 0.25) is 0 Å². The quantitative estimate of drug-likeness (QED) is 0.382. The Morgan fingerprint density at radius 2 is 2.30 bits per heavy atom. The van der Waals surface area contributed by atoms with E-state index >= 15 is 0 Å². The van der Waals surface area contributed by atoms with Gasteiger partial charge in [0.2, 0.25) is 5.95 Å². The van der Waals surface area contributed by atoms with E-state index in [1.165, 1.54) is 0 Å². The number of aromatic nitrogens is 6. The van der Waals surface area contributed by atoms with Gasteiger partial charge >= 0.3 is 0 Å². The number of hydrogen-bond donors (Lipinski definition) is 4. The van der Waals surface area contributed by atoms with Gasteiger partial charge in [-0.25, -0.2) is 5.84 Å². The molecule has 0 atom stereocenters. The molecule has 20 heavy (non-hydrogen) atoms. The van der Waals surface area contributed by atoms with Gasteiger partial charge in [0.15, 0.2) is 5.65 Å². The number of aromatic amines is 1. The van der Waals surface area contributed by atoms with Crippen molar-refractivity contribution in [3.8, 4) is 0 Å². The minimum atomic E-state index is 0.335. The van der Waals surface area contributed by atoms with E-state index in [1.54, 1.807) is 10.9 Å². The van der Waals surface area contributed by atoms with E-state index < -0.39 is 0 Å². The van der Waals surface area contributed by atoms with Crippen LogP contribution < -0.4 is 16.6 Å². The Hall–Kier alpha value is -2.68. The van der Waals surface area contributed by atoms with Crippen molar-refractivity contribution in [3.05, 3.63) is 24.2 Å². The molecule has 0 amide bonds. The Bertz CT molecular complexity index is 714. The van der Waals surface area contributed by atoms with Crippen LogP contribution in [0.1, 0.15) is 5.69 Å². The second-order valence-corrected chi connectivity index (χ2v) is 4.33. The lowest BCUT2D eigenvalue weighted by Crippen LogP contribution is -2.13. The Morgan fingerprint density at radius 3 is 3.05 bits per heavy atom. The third-order valence-corrected chi connectivity index (χ3v) is 2.88. The van der Waals surface area contributed by atoms with Crippen molar-refractivity contribution >= 4 is 22.8 Å². The Morgan fingerprint density at radius 1 is 1.40 bits per heavy atom. The summed E-state index contributed by atoms with van der Waals surface area (Å²) in [6.07, 6.45) is 4.40. The number of fused-ring (bicyclic) bond motifs is 1. The number of nitrogens with zero attached hydrogens (tertiary/aromatic N) is 5. The number of anilines is 2. The van der Waals surface area contributed by atoms with Gasteiger partial charge in [0, 0.05) is 26.2 Å². The molecule has 104 valence electrons. The maximum absolute atomic E-state index is 5.35. The lowest BCUT2D eigenvalue weighted by atomic mass is 10.3. The molecule has 0 saturated carbocycles. The van der Waals surface area contributed by atoms with E-state index in [2.05, 4.69) is 36.0 Å². The van der Waals surface area contributed by atoms with Gasteiger partial charge in [0.05, 0.1) is 17.3 Å². The largest absolute Gasteiger partial charge is 0.369 e. The number of hydrogen-bond acceptors (Lipinski definition) is 7. The summed E-state index contributed by atoms with van der Waals surface area (Å²) >= 11 is 0. The molecule has 3 aromatic heterocycles. The Kier molecular flexibility index (Phi) is 3.17. The summed E-state index contributed by atoms with van der Waals surface area (Å²) in [5.74, 6) is 6.37. The van der Waals surface area contributed by atoms with Gasteiger partial charge in [-0.1, -0.05) is 0 Å². The van der Waals surface area contributed by atoms with Gasteiger partial charge in [-0.05, 0) is 6.07 Å². The first-order valence-electron chi connectivity index (χ1n) is 6.16. The van der Waals surface area contributed by atoms with Crippen LogP contribution in [0, 0.1) is 0 Å². The summed E-state index contributed by atoms with van der Waals surface area (Å²) in [6, 6.07) is 1.99. The molecule has 0 bridgehead atoms. The predicted octanol–water partition coefficient (Wildman–Crippen LogP) is 0.0266. The molecule has 0 aliphatic rings. The predicted molar refractivity (Wildman–Crippen MR) is 74.9 cm³/mol. The average molecular weight is 273 g/mol. The number of nitrogen functional groups attached to an aromatic ring is 1. The molecular formula is C11H15N9. The van der Waals surface area contributed by atoms with Gasteiger partial charge in [-0.2, -0.15) is 20.2 Å². The fourth-order valence-electron chi connectivity index (χ4n) is 1.94. The Balaban J connectivity index is 1.74. The van der Waals surface area contributed by atoms with Crippen molar-refractivity contribution in [1.82, 2.24) is 29.9 Å². The molecule has 0 aliphatic carbocycles. The fraction of sp³-hybridized carbons (Fsp3) is 0.273. The van der Waals surface area contributed by atoms with Crippen LogP contribution in [-0.4, -0.2) is 36.5 Å². The molecular weight excluding hydrogens is 258 g/mol. The van der Waals surface area contributed by atoms with Crippen LogP contribution in [0.25, 0.3) is 11.0 Å². The van der Waals surface area contributed by atoms with E-state index in [1.807, 2.05) is 19.3 Å². The molecule has 0 unspecified atom stereocenters. The first-order valence-corrected chi connectivity index (χ1v) is 6.16. The lowest BCUT2D eigenvalue weighted by Gasteiger charge is -2.07. The van der Waals surface area contributed by atoms with Crippen molar-refractivity contribution < 1.29 is 0 Å². The first-order chi connectivity index (χ1) is 9.76. The summed E-state index contributed by atoms with van der Waals surface area (Å²) < 4.78 is 1.78. The van der Waals surface area contributed by atoms with Crippen LogP contribution in [0.3, 0.4) is 0 Å². The smallest absolute Gasteiger partial charge is 0.241 e. The van der Waals surface area contributed by atoms with E-state index in [-0.39, 0.29) is 0 Å². The maximum atomic E-state index is 5.35. The second-order valence-electron chi connectivity index (χ2n) is 4.33. The van der Waals surface area contributed by atoms with Gasteiger partial charge in [-0.3, -0.25) is 15.2 Å². The standard InChI is InChI=1S/C11H15N9/c1-20-5-3-7(19-20)2-4-13-9-8-6-14-18-10(8)16-11(15-9)17-12/h3,5-6H,2,4,12H2,1H3,(H3,13,14,15,16,17,18). The summed E-state index contributed by atoms with van der Waals surface area (Å²) in [5, 5.41) is 15.1. The molecule has 0 saturated heterocycles. The van der Waals surface area contributed by atoms with E-state index in [0.717, 1.165) is 17.5 Å². The van der Waals surface area contributed by atoms with Gasteiger partial charge < -0.3 is 5.32 Å². The van der Waals surface area contributed by atoms with Crippen LogP contribution >= 0.6 is 0 Å². The van der Waals surface area contributed by atoms with Crippen molar-refractivity contribution in [3.63, 3.8) is 0 Å². The van der Waals surface area contributed by atoms with Gasteiger partial charge in [0.1, 0.15) is 5.82 Å². The molecule has 0 fully saturated rings. The number of H-pyrrole nitrogens is 1. The summed E-state index contributed by atoms with van der Waals surface area (Å²) in [4.78, 5) is 8.45. The molecule has 0 aromatic carbocycles. The third-order valence-electron chi connectivity index (χ3n) is 2.88. The van der Waals surface area contributed by atoms with Gasteiger partial charge in [-0.15, -0.1) is 0 Å². The zero-order valence-electron chi connectivity index (χ0n) is 11.0. The zero-order chi connectivity index (χ0) is 13.9. The maximum Gasteiger partial charge on any atom is 0.241 e. The Labute approximate surface area is 114 Å². The number of aryl methyl sites for hydroxylation is 1. The molecule has 5 N–H and O–H groups in total. The van der Waals surface area contributed by atoms with E-state index in [4.69, 9.17) is 5.84 Å². The monoisotopic (exact) mass is 273 g/mol. The fourth-order valence-corrected chi connectivity index (χ4v) is 1.94. The molecule has 0 radical (unpaired) electrons. The van der Waals surface area contributed by atoms with Crippen molar-refractivity contribution in [1.29, 1.82) is 0 Å². The summed E-state index contributed by atoms with van der Waals surface area (Å²) in [7, 11) is 1.90. The highest BCUT2D eigenvalue weighted by Gasteiger charge is 2.08. The number of rotatable bonds is 5. The van der Waals surface area contributed by atoms with Crippen LogP contribution in [0.5, 0.6) is 0 Å². The van der Waals surface area contributed by atoms with E-state index in [0.29, 0.717) is 24.0 Å². The molecule has 3 rings (SSSR count). The van der Waals surface area contributed by atoms with Crippen molar-refractivity contribution in [2.24, 2.45) is 12.9 Å². The minimum Gasteiger partial charge on any atom is -0.369 e.